The van der Waals surface area contributed by atoms with E-state index < -0.39 is 6.04 Å². The van der Waals surface area contributed by atoms with Gasteiger partial charge < -0.3 is 15.5 Å². The largest absolute Gasteiger partial charge is 0.327 e. The lowest BCUT2D eigenvalue weighted by Crippen LogP contribution is -2.40. The van der Waals surface area contributed by atoms with Crippen molar-refractivity contribution in [2.45, 2.75) is 18.9 Å². The molecule has 2 aliphatic rings. The average Bonchev–Trinajstić information content (AvgIpc) is 3.09. The Labute approximate surface area is 154 Å². The molecule has 2 aliphatic heterocycles. The first-order valence-corrected chi connectivity index (χ1v) is 8.59. The predicted octanol–water partition coefficient (Wildman–Crippen LogP) is 2.54. The normalized spacial score (nSPS) is 18.7. The van der Waals surface area contributed by atoms with Crippen molar-refractivity contribution in [2.24, 2.45) is 0 Å². The number of nitrogens with zero attached hydrogens (tertiary/aromatic N) is 2. The van der Waals surface area contributed by atoms with Gasteiger partial charge in [-0.05, 0) is 43.2 Å². The van der Waals surface area contributed by atoms with Gasteiger partial charge in [0, 0.05) is 18.4 Å². The summed E-state index contributed by atoms with van der Waals surface area (Å²) < 4.78 is 0. The van der Waals surface area contributed by atoms with Gasteiger partial charge in [-0.2, -0.15) is 0 Å². The van der Waals surface area contributed by atoms with Gasteiger partial charge in [-0.3, -0.25) is 14.4 Å². The minimum Gasteiger partial charge on any atom is -0.327 e. The van der Waals surface area contributed by atoms with Crippen LogP contribution in [0.2, 0.25) is 5.15 Å². The van der Waals surface area contributed by atoms with Gasteiger partial charge >= 0.3 is 0 Å². The van der Waals surface area contributed by atoms with E-state index in [1.165, 1.54) is 12.3 Å². The topological polar surface area (TPSA) is 91.4 Å². The zero-order valence-electron chi connectivity index (χ0n) is 13.7. The van der Waals surface area contributed by atoms with Gasteiger partial charge in [0.2, 0.25) is 5.91 Å². The summed E-state index contributed by atoms with van der Waals surface area (Å²) in [5.74, 6) is -0.734. The van der Waals surface area contributed by atoms with Crippen molar-refractivity contribution in [1.82, 2.24) is 9.88 Å². The number of carbonyl (C=O) groups is 3. The number of hydrogen-bond acceptors (Lipinski definition) is 4. The van der Waals surface area contributed by atoms with E-state index in [9.17, 15) is 14.4 Å². The molecule has 2 aromatic rings. The van der Waals surface area contributed by atoms with Crippen LogP contribution in [0, 0.1) is 0 Å². The van der Waals surface area contributed by atoms with Crippen LogP contribution in [0.4, 0.5) is 11.4 Å². The van der Waals surface area contributed by atoms with E-state index in [-0.39, 0.29) is 17.7 Å². The summed E-state index contributed by atoms with van der Waals surface area (Å²) in [4.78, 5) is 42.9. The SMILES string of the molecule is O=C(Nc1ccc2c(c1)C(=O)N1CCC[C@H]1C(=O)N2)c1ccc(Cl)nc1. The Balaban J connectivity index is 1.62. The molecule has 1 aromatic carbocycles. The molecule has 132 valence electrons. The summed E-state index contributed by atoms with van der Waals surface area (Å²) in [5.41, 5.74) is 1.64. The number of carbonyl (C=O) groups excluding carboxylic acids is 3. The first-order chi connectivity index (χ1) is 12.5. The fourth-order valence-electron chi connectivity index (χ4n) is 3.27. The van der Waals surface area contributed by atoms with Crippen LogP contribution in [-0.2, 0) is 4.79 Å². The molecule has 0 bridgehead atoms. The predicted molar refractivity (Wildman–Crippen MR) is 96.3 cm³/mol. The van der Waals surface area contributed by atoms with E-state index in [1.807, 2.05) is 0 Å². The highest BCUT2D eigenvalue weighted by Crippen LogP contribution is 2.30. The molecule has 8 heteroatoms. The van der Waals surface area contributed by atoms with E-state index in [0.29, 0.717) is 40.6 Å². The molecule has 4 rings (SSSR count). The van der Waals surface area contributed by atoms with Crippen molar-refractivity contribution in [3.05, 3.63) is 52.8 Å². The number of pyridine rings is 1. The molecule has 1 atom stereocenters. The number of rotatable bonds is 2. The Hall–Kier alpha value is -2.93. The smallest absolute Gasteiger partial charge is 0.257 e. The first kappa shape index (κ1) is 16.5. The van der Waals surface area contributed by atoms with Gasteiger partial charge in [0.1, 0.15) is 11.2 Å². The summed E-state index contributed by atoms with van der Waals surface area (Å²) in [6.45, 7) is 0.559. The second-order valence-corrected chi connectivity index (χ2v) is 6.62. The van der Waals surface area contributed by atoms with E-state index >= 15 is 0 Å². The fourth-order valence-corrected chi connectivity index (χ4v) is 3.39. The lowest BCUT2D eigenvalue weighted by molar-refractivity contribution is -0.119. The number of amides is 3. The summed E-state index contributed by atoms with van der Waals surface area (Å²) in [6.07, 6.45) is 2.85. The molecule has 0 unspecified atom stereocenters. The summed E-state index contributed by atoms with van der Waals surface area (Å²) in [7, 11) is 0. The molecule has 26 heavy (non-hydrogen) atoms. The van der Waals surface area contributed by atoms with Gasteiger partial charge in [-0.25, -0.2) is 4.98 Å². The maximum absolute atomic E-state index is 12.8. The maximum atomic E-state index is 12.8. The summed E-state index contributed by atoms with van der Waals surface area (Å²) >= 11 is 5.72. The van der Waals surface area contributed by atoms with Crippen LogP contribution in [0.5, 0.6) is 0 Å². The molecular weight excluding hydrogens is 356 g/mol. The molecule has 3 heterocycles. The van der Waals surface area contributed by atoms with E-state index in [1.54, 1.807) is 29.2 Å². The molecule has 3 amide bonds. The minimum absolute atomic E-state index is 0.168. The van der Waals surface area contributed by atoms with Crippen molar-refractivity contribution >= 4 is 40.7 Å². The molecule has 2 N–H and O–H groups in total. The summed E-state index contributed by atoms with van der Waals surface area (Å²) in [5, 5.41) is 5.84. The Morgan fingerprint density at radius 2 is 2.12 bits per heavy atom. The summed E-state index contributed by atoms with van der Waals surface area (Å²) in [6, 6.07) is 7.52. The monoisotopic (exact) mass is 370 g/mol. The van der Waals surface area contributed by atoms with Gasteiger partial charge in [0.15, 0.2) is 0 Å². The van der Waals surface area contributed by atoms with Gasteiger partial charge in [0.05, 0.1) is 16.8 Å². The third kappa shape index (κ3) is 2.90. The number of benzene rings is 1. The molecular formula is C18H15ClN4O3. The first-order valence-electron chi connectivity index (χ1n) is 8.22. The van der Waals surface area contributed by atoms with Crippen LogP contribution >= 0.6 is 11.6 Å². The van der Waals surface area contributed by atoms with Crippen LogP contribution in [0.15, 0.2) is 36.5 Å². The third-order valence-electron chi connectivity index (χ3n) is 4.57. The van der Waals surface area contributed by atoms with Gasteiger partial charge in [-0.15, -0.1) is 0 Å². The van der Waals surface area contributed by atoms with E-state index in [0.717, 1.165) is 6.42 Å². The van der Waals surface area contributed by atoms with E-state index in [2.05, 4.69) is 15.6 Å². The van der Waals surface area contributed by atoms with Crippen molar-refractivity contribution in [3.63, 3.8) is 0 Å². The van der Waals surface area contributed by atoms with Crippen LogP contribution in [0.3, 0.4) is 0 Å². The zero-order valence-corrected chi connectivity index (χ0v) is 14.4. The van der Waals surface area contributed by atoms with Crippen LogP contribution < -0.4 is 10.6 Å². The molecule has 0 spiro atoms. The van der Waals surface area contributed by atoms with Crippen LogP contribution in [0.1, 0.15) is 33.6 Å². The molecule has 7 nitrogen and oxygen atoms in total. The Morgan fingerprint density at radius 3 is 2.88 bits per heavy atom. The Morgan fingerprint density at radius 1 is 1.27 bits per heavy atom. The second-order valence-electron chi connectivity index (χ2n) is 6.23. The van der Waals surface area contributed by atoms with Crippen molar-refractivity contribution in [2.75, 3.05) is 17.2 Å². The lowest BCUT2D eigenvalue weighted by Gasteiger charge is -2.20. The number of anilines is 2. The van der Waals surface area contributed by atoms with Crippen molar-refractivity contribution < 1.29 is 14.4 Å². The van der Waals surface area contributed by atoms with E-state index in [4.69, 9.17) is 11.6 Å². The highest BCUT2D eigenvalue weighted by Gasteiger charge is 2.38. The number of halogens is 1. The van der Waals surface area contributed by atoms with Crippen LogP contribution in [0.25, 0.3) is 0 Å². The molecule has 0 radical (unpaired) electrons. The average molecular weight is 371 g/mol. The minimum atomic E-state index is -0.423. The third-order valence-corrected chi connectivity index (χ3v) is 4.80. The van der Waals surface area contributed by atoms with Crippen molar-refractivity contribution in [3.8, 4) is 0 Å². The highest BCUT2D eigenvalue weighted by molar-refractivity contribution is 6.29. The van der Waals surface area contributed by atoms with Crippen molar-refractivity contribution in [1.29, 1.82) is 0 Å². The zero-order chi connectivity index (χ0) is 18.3. The fraction of sp³-hybridized carbons (Fsp3) is 0.222. The van der Waals surface area contributed by atoms with Gasteiger partial charge in [0.25, 0.3) is 11.8 Å². The Kier molecular flexibility index (Phi) is 4.08. The highest BCUT2D eigenvalue weighted by atomic mass is 35.5. The number of hydrogen-bond donors (Lipinski definition) is 2. The van der Waals surface area contributed by atoms with Crippen LogP contribution in [-0.4, -0.2) is 40.2 Å². The molecule has 1 saturated heterocycles. The number of fused-ring (bicyclic) bond motifs is 2. The Bertz CT molecular complexity index is 913. The quantitative estimate of drug-likeness (QED) is 0.795. The second kappa shape index (κ2) is 6.42. The lowest BCUT2D eigenvalue weighted by atomic mass is 10.1. The molecule has 1 fully saturated rings. The molecule has 1 aromatic heterocycles. The molecule has 0 aliphatic carbocycles. The molecule has 0 saturated carbocycles. The number of aromatic nitrogens is 1. The van der Waals surface area contributed by atoms with Gasteiger partial charge in [-0.1, -0.05) is 11.6 Å². The number of nitrogens with one attached hydrogen (secondary N) is 2. The maximum Gasteiger partial charge on any atom is 0.257 e. The standard InChI is InChI=1S/C18H15ClN4O3/c19-15-6-3-10(9-20-15)16(24)21-11-4-5-13-12(8-11)18(26)23-7-1-2-14(23)17(25)22-13/h3-6,8-9,14H,1-2,7H2,(H,21,24)(H,22,25)/t14-/m0/s1.